The molecule has 0 heterocycles. The summed E-state index contributed by atoms with van der Waals surface area (Å²) in [6.45, 7) is 8.22. The SMILES string of the molecule is Cc1cc(C(C)(C)C)ccc1C(=O)C1(C(=O)O)CC1. The monoisotopic (exact) mass is 260 g/mol. The fourth-order valence-corrected chi connectivity index (χ4v) is 2.31. The lowest BCUT2D eigenvalue weighted by molar-refractivity contribution is -0.141. The van der Waals surface area contributed by atoms with E-state index in [2.05, 4.69) is 20.8 Å². The summed E-state index contributed by atoms with van der Waals surface area (Å²) in [7, 11) is 0. The number of hydrogen-bond donors (Lipinski definition) is 1. The molecule has 3 nitrogen and oxygen atoms in total. The number of ketones is 1. The molecule has 0 spiro atoms. The summed E-state index contributed by atoms with van der Waals surface area (Å²) >= 11 is 0. The molecule has 0 atom stereocenters. The number of Topliss-reactive ketones (excluding diaryl/α,β-unsaturated/α-hetero) is 1. The van der Waals surface area contributed by atoms with Gasteiger partial charge in [-0.05, 0) is 36.3 Å². The van der Waals surface area contributed by atoms with Gasteiger partial charge < -0.3 is 5.11 Å². The number of carbonyl (C=O) groups is 2. The van der Waals surface area contributed by atoms with Gasteiger partial charge in [0.15, 0.2) is 5.78 Å². The Hall–Kier alpha value is -1.64. The molecule has 2 rings (SSSR count). The second-order valence-electron chi connectivity index (χ2n) is 6.50. The van der Waals surface area contributed by atoms with E-state index >= 15 is 0 Å². The lowest BCUT2D eigenvalue weighted by Gasteiger charge is -2.21. The summed E-state index contributed by atoms with van der Waals surface area (Å²) in [5.41, 5.74) is 1.45. The highest BCUT2D eigenvalue weighted by molar-refractivity contribution is 6.14. The fraction of sp³-hybridized carbons (Fsp3) is 0.500. The molecule has 1 aliphatic carbocycles. The first kappa shape index (κ1) is 13.8. The highest BCUT2D eigenvalue weighted by atomic mass is 16.4. The van der Waals surface area contributed by atoms with Gasteiger partial charge in [-0.2, -0.15) is 0 Å². The molecule has 0 unspecified atom stereocenters. The van der Waals surface area contributed by atoms with E-state index in [0.29, 0.717) is 18.4 Å². The lowest BCUT2D eigenvalue weighted by Crippen LogP contribution is -2.26. The van der Waals surface area contributed by atoms with Gasteiger partial charge in [-0.3, -0.25) is 9.59 Å². The van der Waals surface area contributed by atoms with E-state index in [0.717, 1.165) is 11.1 Å². The zero-order valence-electron chi connectivity index (χ0n) is 11.9. The molecule has 102 valence electrons. The maximum absolute atomic E-state index is 12.4. The van der Waals surface area contributed by atoms with E-state index in [-0.39, 0.29) is 11.2 Å². The molecule has 0 bridgehead atoms. The molecule has 1 fully saturated rings. The van der Waals surface area contributed by atoms with Crippen LogP contribution in [0.5, 0.6) is 0 Å². The topological polar surface area (TPSA) is 54.4 Å². The molecule has 0 aromatic heterocycles. The van der Waals surface area contributed by atoms with Gasteiger partial charge in [-0.1, -0.05) is 39.0 Å². The van der Waals surface area contributed by atoms with Crippen molar-refractivity contribution in [2.75, 3.05) is 0 Å². The Bertz CT molecular complexity index is 546. The Balaban J connectivity index is 2.38. The third-order valence-electron chi connectivity index (χ3n) is 3.93. The Morgan fingerprint density at radius 1 is 1.21 bits per heavy atom. The average Bonchev–Trinajstić information content (AvgIpc) is 3.07. The number of carbonyl (C=O) groups excluding carboxylic acids is 1. The first-order valence-electron chi connectivity index (χ1n) is 6.58. The van der Waals surface area contributed by atoms with Crippen molar-refractivity contribution in [1.82, 2.24) is 0 Å². The maximum atomic E-state index is 12.4. The van der Waals surface area contributed by atoms with Crippen LogP contribution in [0.15, 0.2) is 18.2 Å². The summed E-state index contributed by atoms with van der Waals surface area (Å²) in [6, 6.07) is 5.70. The van der Waals surface area contributed by atoms with Gasteiger partial charge in [0.05, 0.1) is 0 Å². The number of carboxylic acids is 1. The third-order valence-corrected chi connectivity index (χ3v) is 3.93. The molecular formula is C16H20O3. The van der Waals surface area contributed by atoms with Gasteiger partial charge in [-0.25, -0.2) is 0 Å². The number of rotatable bonds is 3. The predicted molar refractivity (Wildman–Crippen MR) is 73.5 cm³/mol. The molecule has 0 aliphatic heterocycles. The van der Waals surface area contributed by atoms with Crippen LogP contribution in [0.3, 0.4) is 0 Å². The fourth-order valence-electron chi connectivity index (χ4n) is 2.31. The summed E-state index contributed by atoms with van der Waals surface area (Å²) in [5, 5.41) is 9.19. The first-order valence-corrected chi connectivity index (χ1v) is 6.58. The van der Waals surface area contributed by atoms with Crippen LogP contribution < -0.4 is 0 Å². The van der Waals surface area contributed by atoms with E-state index in [1.165, 1.54) is 0 Å². The Morgan fingerprint density at radius 2 is 1.79 bits per heavy atom. The minimum atomic E-state index is -1.14. The van der Waals surface area contributed by atoms with E-state index in [1.807, 2.05) is 19.1 Å². The highest BCUT2D eigenvalue weighted by Gasteiger charge is 2.57. The van der Waals surface area contributed by atoms with Gasteiger partial charge in [0.1, 0.15) is 5.41 Å². The number of benzene rings is 1. The van der Waals surface area contributed by atoms with Crippen molar-refractivity contribution in [3.05, 3.63) is 34.9 Å². The predicted octanol–water partition coefficient (Wildman–Crippen LogP) is 3.34. The molecule has 1 aromatic rings. The van der Waals surface area contributed by atoms with Crippen LogP contribution in [0, 0.1) is 12.3 Å². The van der Waals surface area contributed by atoms with Gasteiger partial charge in [-0.15, -0.1) is 0 Å². The molecule has 1 saturated carbocycles. The van der Waals surface area contributed by atoms with Crippen LogP contribution in [-0.2, 0) is 10.2 Å². The van der Waals surface area contributed by atoms with Crippen LogP contribution >= 0.6 is 0 Å². The van der Waals surface area contributed by atoms with Gasteiger partial charge in [0.25, 0.3) is 0 Å². The molecule has 0 saturated heterocycles. The Labute approximate surface area is 113 Å². The van der Waals surface area contributed by atoms with Gasteiger partial charge in [0, 0.05) is 5.56 Å². The Morgan fingerprint density at radius 3 is 2.16 bits per heavy atom. The number of hydrogen-bond acceptors (Lipinski definition) is 2. The number of aliphatic carboxylic acids is 1. The minimum absolute atomic E-state index is 0.0242. The molecule has 1 N–H and O–H groups in total. The zero-order chi connectivity index (χ0) is 14.4. The van der Waals surface area contributed by atoms with Crippen molar-refractivity contribution in [3.8, 4) is 0 Å². The van der Waals surface area contributed by atoms with E-state index in [1.54, 1.807) is 6.07 Å². The molecule has 1 aliphatic rings. The maximum Gasteiger partial charge on any atom is 0.317 e. The third kappa shape index (κ3) is 2.29. The molecule has 0 radical (unpaired) electrons. The van der Waals surface area contributed by atoms with Crippen LogP contribution in [0.4, 0.5) is 0 Å². The quantitative estimate of drug-likeness (QED) is 0.670. The summed E-state index contributed by atoms with van der Waals surface area (Å²) in [4.78, 5) is 23.6. The molecular weight excluding hydrogens is 240 g/mol. The Kier molecular flexibility index (Phi) is 3.04. The van der Waals surface area contributed by atoms with Gasteiger partial charge in [0.2, 0.25) is 0 Å². The lowest BCUT2D eigenvalue weighted by atomic mass is 9.83. The minimum Gasteiger partial charge on any atom is -0.480 e. The van der Waals surface area contributed by atoms with E-state index in [4.69, 9.17) is 0 Å². The van der Waals surface area contributed by atoms with Crippen molar-refractivity contribution in [1.29, 1.82) is 0 Å². The van der Waals surface area contributed by atoms with Crippen molar-refractivity contribution >= 4 is 11.8 Å². The summed E-state index contributed by atoms with van der Waals surface area (Å²) in [5.74, 6) is -1.23. The van der Waals surface area contributed by atoms with Gasteiger partial charge >= 0.3 is 5.97 Å². The largest absolute Gasteiger partial charge is 0.480 e. The van der Waals surface area contributed by atoms with Crippen LogP contribution in [0.25, 0.3) is 0 Å². The van der Waals surface area contributed by atoms with Crippen molar-refractivity contribution in [2.45, 2.75) is 46.0 Å². The van der Waals surface area contributed by atoms with Crippen molar-refractivity contribution in [2.24, 2.45) is 5.41 Å². The molecule has 19 heavy (non-hydrogen) atoms. The summed E-state index contributed by atoms with van der Waals surface area (Å²) < 4.78 is 0. The van der Waals surface area contributed by atoms with E-state index in [9.17, 15) is 14.7 Å². The van der Waals surface area contributed by atoms with Crippen LogP contribution in [0.1, 0.15) is 55.1 Å². The van der Waals surface area contributed by atoms with Crippen molar-refractivity contribution < 1.29 is 14.7 Å². The normalized spacial score (nSPS) is 17.1. The summed E-state index contributed by atoms with van der Waals surface area (Å²) in [6.07, 6.45) is 0.920. The highest BCUT2D eigenvalue weighted by Crippen LogP contribution is 2.49. The molecule has 3 heteroatoms. The van der Waals surface area contributed by atoms with Crippen molar-refractivity contribution in [3.63, 3.8) is 0 Å². The molecule has 0 amide bonds. The van der Waals surface area contributed by atoms with Crippen LogP contribution in [0.2, 0.25) is 0 Å². The second kappa shape index (κ2) is 4.19. The average molecular weight is 260 g/mol. The number of carboxylic acid groups (broad SMARTS) is 1. The van der Waals surface area contributed by atoms with E-state index < -0.39 is 11.4 Å². The smallest absolute Gasteiger partial charge is 0.317 e. The standard InChI is InChI=1S/C16H20O3/c1-10-9-11(15(2,3)4)5-6-12(10)13(17)16(7-8-16)14(18)19/h5-6,9H,7-8H2,1-4H3,(H,18,19). The number of aryl methyl sites for hydroxylation is 1. The first-order chi connectivity index (χ1) is 8.68. The molecule has 1 aromatic carbocycles. The zero-order valence-corrected chi connectivity index (χ0v) is 11.9. The van der Waals surface area contributed by atoms with Crippen LogP contribution in [-0.4, -0.2) is 16.9 Å². The second-order valence-corrected chi connectivity index (χ2v) is 6.50.